The zero-order chi connectivity index (χ0) is 28.4. The van der Waals surface area contributed by atoms with E-state index in [0.29, 0.717) is 36.1 Å². The van der Waals surface area contributed by atoms with Crippen LogP contribution in [-0.2, 0) is 19.2 Å². The first kappa shape index (κ1) is 29.6. The molecular formula is C29H42ClN3O6. The molecule has 3 N–H and O–H groups in total. The van der Waals surface area contributed by atoms with Crippen molar-refractivity contribution in [3.05, 3.63) is 28.8 Å². The fourth-order valence-electron chi connectivity index (χ4n) is 6.15. The second-order valence-electron chi connectivity index (χ2n) is 12.4. The number of carbonyl (C=O) groups is 3. The minimum absolute atomic E-state index is 0.113. The smallest absolute Gasteiger partial charge is 0.326 e. The van der Waals surface area contributed by atoms with Crippen molar-refractivity contribution in [1.82, 2.24) is 15.7 Å². The second kappa shape index (κ2) is 12.0. The number of benzene rings is 1. The average Bonchev–Trinajstić information content (AvgIpc) is 3.47. The number of amides is 2. The van der Waals surface area contributed by atoms with Crippen molar-refractivity contribution in [3.8, 4) is 5.75 Å². The molecule has 2 saturated heterocycles. The van der Waals surface area contributed by atoms with Gasteiger partial charge in [0.25, 0.3) is 0 Å². The summed E-state index contributed by atoms with van der Waals surface area (Å²) in [7, 11) is 0. The molecule has 2 aliphatic heterocycles. The maximum Gasteiger partial charge on any atom is 0.326 e. The highest BCUT2D eigenvalue weighted by molar-refractivity contribution is 6.32. The normalized spacial score (nSPS) is 26.5. The lowest BCUT2D eigenvalue weighted by Gasteiger charge is -2.35. The van der Waals surface area contributed by atoms with Crippen LogP contribution in [0.2, 0.25) is 5.02 Å². The summed E-state index contributed by atoms with van der Waals surface area (Å²) in [6, 6.07) is 3.40. The van der Waals surface area contributed by atoms with Gasteiger partial charge in [-0.15, -0.1) is 0 Å². The molecular weight excluding hydrogens is 522 g/mol. The fraction of sp³-hybridized carbons (Fsp3) is 0.690. The third kappa shape index (κ3) is 6.87. The highest BCUT2D eigenvalue weighted by Gasteiger charge is 2.55. The molecule has 2 amide bonds. The van der Waals surface area contributed by atoms with Crippen LogP contribution in [0.5, 0.6) is 5.75 Å². The van der Waals surface area contributed by atoms with E-state index in [2.05, 4.69) is 10.8 Å². The van der Waals surface area contributed by atoms with E-state index in [1.54, 1.807) is 0 Å². The van der Waals surface area contributed by atoms with Crippen LogP contribution >= 0.6 is 11.6 Å². The Hall–Kier alpha value is -2.36. The number of ether oxygens (including phenoxy) is 1. The van der Waals surface area contributed by atoms with Crippen molar-refractivity contribution in [2.24, 2.45) is 11.3 Å². The summed E-state index contributed by atoms with van der Waals surface area (Å²) in [5.74, 6) is -0.694. The summed E-state index contributed by atoms with van der Waals surface area (Å²) >= 11 is 6.39. The molecule has 9 nitrogen and oxygen atoms in total. The van der Waals surface area contributed by atoms with Crippen LogP contribution in [0.3, 0.4) is 0 Å². The number of hydrogen-bond donors (Lipinski definition) is 3. The Morgan fingerprint density at radius 3 is 2.56 bits per heavy atom. The Morgan fingerprint density at radius 2 is 1.95 bits per heavy atom. The molecule has 3 fully saturated rings. The predicted octanol–water partition coefficient (Wildman–Crippen LogP) is 4.63. The number of hydrogen-bond acceptors (Lipinski definition) is 6. The highest BCUT2D eigenvalue weighted by Crippen LogP contribution is 2.43. The van der Waals surface area contributed by atoms with E-state index in [1.807, 2.05) is 45.9 Å². The Bertz CT molecular complexity index is 1070. The van der Waals surface area contributed by atoms with Gasteiger partial charge in [-0.05, 0) is 48.8 Å². The molecule has 0 aromatic heterocycles. The molecule has 10 heteroatoms. The number of carboxylic acids is 1. The van der Waals surface area contributed by atoms with Gasteiger partial charge >= 0.3 is 5.97 Å². The van der Waals surface area contributed by atoms with Crippen LogP contribution in [0, 0.1) is 11.3 Å². The number of nitrogens with one attached hydrogen (secondary N) is 2. The first-order chi connectivity index (χ1) is 18.4. The van der Waals surface area contributed by atoms with Gasteiger partial charge in [-0.3, -0.25) is 14.4 Å². The zero-order valence-corrected chi connectivity index (χ0v) is 24.2. The lowest BCUT2D eigenvalue weighted by molar-refractivity contribution is -0.150. The Morgan fingerprint density at radius 1 is 1.23 bits per heavy atom. The van der Waals surface area contributed by atoms with Gasteiger partial charge in [0.15, 0.2) is 0 Å². The van der Waals surface area contributed by atoms with Crippen molar-refractivity contribution in [3.63, 3.8) is 0 Å². The van der Waals surface area contributed by atoms with Crippen LogP contribution in [0.1, 0.15) is 90.7 Å². The van der Waals surface area contributed by atoms with Gasteiger partial charge in [-0.25, -0.2) is 4.79 Å². The molecule has 0 radical (unpaired) electrons. The Balaban J connectivity index is 1.48. The largest absolute Gasteiger partial charge is 0.492 e. The van der Waals surface area contributed by atoms with Crippen LogP contribution in [0.15, 0.2) is 18.2 Å². The van der Waals surface area contributed by atoms with Crippen LogP contribution in [0.4, 0.5) is 0 Å². The summed E-state index contributed by atoms with van der Waals surface area (Å²) in [4.78, 5) is 46.6. The van der Waals surface area contributed by atoms with Gasteiger partial charge in [0.2, 0.25) is 11.8 Å². The fourth-order valence-corrected chi connectivity index (χ4v) is 6.40. The quantitative estimate of drug-likeness (QED) is 0.422. The number of carbonyl (C=O) groups excluding carboxylic acids is 2. The molecule has 1 unspecified atom stereocenters. The number of nitrogens with zero attached hydrogens (tertiary/aromatic N) is 1. The van der Waals surface area contributed by atoms with E-state index >= 15 is 0 Å². The maximum absolute atomic E-state index is 13.9. The number of rotatable bonds is 8. The van der Waals surface area contributed by atoms with Crippen LogP contribution in [-0.4, -0.2) is 58.6 Å². The molecule has 1 aromatic carbocycles. The number of aliphatic carboxylic acids is 1. The lowest BCUT2D eigenvalue weighted by Crippen LogP contribution is -2.57. The molecule has 4 rings (SSSR count). The van der Waals surface area contributed by atoms with Crippen molar-refractivity contribution < 1.29 is 29.1 Å². The first-order valence-corrected chi connectivity index (χ1v) is 14.5. The van der Waals surface area contributed by atoms with E-state index in [-0.39, 0.29) is 30.8 Å². The van der Waals surface area contributed by atoms with Crippen molar-refractivity contribution in [2.45, 2.75) is 103 Å². The average molecular weight is 564 g/mol. The minimum atomic E-state index is -1.09. The number of hydroxylamine groups is 1. The summed E-state index contributed by atoms with van der Waals surface area (Å²) < 4.78 is 5.53. The Labute approximate surface area is 235 Å². The van der Waals surface area contributed by atoms with Gasteiger partial charge in [0, 0.05) is 19.3 Å². The second-order valence-corrected chi connectivity index (χ2v) is 12.8. The standard InChI is InChI=1S/C29H42ClN3O6/c1-5-38-23-12-11-19(14-20(23)30)21-15-29(39-32-21)16-22(27(36)37)33(17-29)26(35)25(28(2,3)4)31-24(34)13-18-9-7-6-8-10-18/h11-12,14,18,21-22,25,32H,5-10,13,15-17H2,1-4H3,(H,31,34)(H,36,37)/t21?,22-,25+,29+/m0/s1. The topological polar surface area (TPSA) is 117 Å². The van der Waals surface area contributed by atoms with Gasteiger partial charge in [0.1, 0.15) is 23.4 Å². The van der Waals surface area contributed by atoms with Crippen LogP contribution < -0.4 is 15.5 Å². The first-order valence-electron chi connectivity index (χ1n) is 14.1. The van der Waals surface area contributed by atoms with Crippen LogP contribution in [0.25, 0.3) is 0 Å². The molecule has 2 heterocycles. The molecule has 39 heavy (non-hydrogen) atoms. The molecule has 3 aliphatic rings. The predicted molar refractivity (Wildman–Crippen MR) is 147 cm³/mol. The minimum Gasteiger partial charge on any atom is -0.492 e. The number of carboxylic acid groups (broad SMARTS) is 1. The van der Waals surface area contributed by atoms with Crippen molar-refractivity contribution in [2.75, 3.05) is 13.2 Å². The summed E-state index contributed by atoms with van der Waals surface area (Å²) in [6.07, 6.45) is 6.55. The Kier molecular flexibility index (Phi) is 9.13. The monoisotopic (exact) mass is 563 g/mol. The molecule has 4 atom stereocenters. The summed E-state index contributed by atoms with van der Waals surface area (Å²) in [6.45, 7) is 8.16. The van der Waals surface area contributed by atoms with Crippen molar-refractivity contribution >= 4 is 29.4 Å². The van der Waals surface area contributed by atoms with E-state index in [0.717, 1.165) is 31.2 Å². The molecule has 1 aromatic rings. The SMILES string of the molecule is CCOc1ccc(C2C[C@]3(C[C@@H](C(=O)O)N(C(=O)[C@@H](NC(=O)CC4CCCCC4)C(C)(C)C)C3)ON2)cc1Cl. The van der Waals surface area contributed by atoms with Crippen molar-refractivity contribution in [1.29, 1.82) is 0 Å². The number of likely N-dealkylation sites (tertiary alicyclic amines) is 1. The maximum atomic E-state index is 13.9. The molecule has 1 spiro atoms. The van der Waals surface area contributed by atoms with Gasteiger partial charge in [-0.2, -0.15) is 5.48 Å². The summed E-state index contributed by atoms with van der Waals surface area (Å²) in [5, 5.41) is 13.5. The van der Waals surface area contributed by atoms with Gasteiger partial charge in [0.05, 0.1) is 24.2 Å². The van der Waals surface area contributed by atoms with Gasteiger partial charge < -0.3 is 20.1 Å². The highest BCUT2D eigenvalue weighted by atomic mass is 35.5. The van der Waals surface area contributed by atoms with Gasteiger partial charge in [-0.1, -0.05) is 57.7 Å². The lowest BCUT2D eigenvalue weighted by atomic mass is 9.84. The van der Waals surface area contributed by atoms with E-state index in [1.165, 1.54) is 11.3 Å². The van der Waals surface area contributed by atoms with E-state index < -0.39 is 29.1 Å². The summed E-state index contributed by atoms with van der Waals surface area (Å²) in [5.41, 5.74) is 2.45. The third-order valence-electron chi connectivity index (χ3n) is 8.24. The van der Waals surface area contributed by atoms with E-state index in [4.69, 9.17) is 21.2 Å². The third-order valence-corrected chi connectivity index (χ3v) is 8.53. The zero-order valence-electron chi connectivity index (χ0n) is 23.4. The molecule has 1 saturated carbocycles. The molecule has 0 bridgehead atoms. The molecule has 216 valence electrons. The number of halogens is 1. The van der Waals surface area contributed by atoms with E-state index in [9.17, 15) is 19.5 Å². The molecule has 1 aliphatic carbocycles.